The number of anilines is 1. The maximum atomic E-state index is 12.9. The van der Waals surface area contributed by atoms with Gasteiger partial charge in [0.25, 0.3) is 10.1 Å². The predicted octanol–water partition coefficient (Wildman–Crippen LogP) is 6.75. The highest BCUT2D eigenvalue weighted by Crippen LogP contribution is 2.29. The van der Waals surface area contributed by atoms with E-state index < -0.39 is 16.4 Å². The molecule has 1 aromatic heterocycles. The van der Waals surface area contributed by atoms with Crippen molar-refractivity contribution in [2.75, 3.05) is 38.3 Å². The van der Waals surface area contributed by atoms with Crippen molar-refractivity contribution in [1.82, 2.24) is 4.98 Å². The Bertz CT molecular complexity index is 1600. The third kappa shape index (κ3) is 7.21. The molecular weight excluding hydrogens is 552 g/mol. The van der Waals surface area contributed by atoms with Crippen molar-refractivity contribution in [1.29, 1.82) is 0 Å². The summed E-state index contributed by atoms with van der Waals surface area (Å²) in [6.45, 7) is 6.12. The molecule has 1 fully saturated rings. The van der Waals surface area contributed by atoms with Gasteiger partial charge in [-0.15, -0.1) is 0 Å². The van der Waals surface area contributed by atoms with E-state index in [1.165, 1.54) is 11.8 Å². The Kier molecular flexibility index (Phi) is 9.62. The highest BCUT2D eigenvalue weighted by Gasteiger charge is 2.26. The number of ether oxygens (including phenoxy) is 3. The van der Waals surface area contributed by atoms with Gasteiger partial charge in [-0.25, -0.2) is 9.17 Å². The average molecular weight is 591 g/mol. The number of hydrogen-bond donors (Lipinski definition) is 0. The van der Waals surface area contributed by atoms with Crippen LogP contribution in [0.1, 0.15) is 38.2 Å². The summed E-state index contributed by atoms with van der Waals surface area (Å²) in [6.07, 6.45) is 2.24. The second-order valence-electron chi connectivity index (χ2n) is 10.4. The maximum absolute atomic E-state index is 12.9. The first-order valence-electron chi connectivity index (χ1n) is 14.5. The second-order valence-corrected chi connectivity index (χ2v) is 11.9. The Balaban J connectivity index is 1.16. The molecule has 42 heavy (non-hydrogen) atoms. The lowest BCUT2D eigenvalue weighted by Gasteiger charge is -2.22. The van der Waals surface area contributed by atoms with E-state index in [-0.39, 0.29) is 4.90 Å². The van der Waals surface area contributed by atoms with E-state index in [1.807, 2.05) is 24.3 Å². The highest BCUT2D eigenvalue weighted by atomic mass is 32.2. The van der Waals surface area contributed by atoms with Crippen LogP contribution in [0.15, 0.2) is 77.7 Å². The molecule has 1 unspecified atom stereocenters. The number of pyridine rings is 1. The zero-order valence-electron chi connectivity index (χ0n) is 24.4. The number of nitrogens with zero attached hydrogens (tertiary/aromatic N) is 2. The molecule has 222 valence electrons. The molecular formula is C33H38N2O6S. The van der Waals surface area contributed by atoms with Crippen LogP contribution in [0.5, 0.6) is 11.5 Å². The van der Waals surface area contributed by atoms with Gasteiger partial charge in [0.2, 0.25) is 0 Å². The van der Waals surface area contributed by atoms with E-state index in [9.17, 15) is 8.42 Å². The third-order valence-corrected chi connectivity index (χ3v) is 8.88. The predicted molar refractivity (Wildman–Crippen MR) is 165 cm³/mol. The Hall–Kier alpha value is -3.66. The van der Waals surface area contributed by atoms with Crippen molar-refractivity contribution >= 4 is 26.7 Å². The Morgan fingerprint density at radius 3 is 2.52 bits per heavy atom. The number of benzene rings is 3. The lowest BCUT2D eigenvalue weighted by atomic mass is 10.1. The maximum Gasteiger partial charge on any atom is 0.299 e. The molecule has 0 bridgehead atoms. The van der Waals surface area contributed by atoms with Crippen LogP contribution in [0.3, 0.4) is 0 Å². The topological polar surface area (TPSA) is 87.2 Å². The normalized spacial score (nSPS) is 15.5. The Labute approximate surface area is 248 Å². The van der Waals surface area contributed by atoms with E-state index in [1.54, 1.807) is 19.1 Å². The van der Waals surface area contributed by atoms with Crippen molar-refractivity contribution in [3.63, 3.8) is 0 Å². The summed E-state index contributed by atoms with van der Waals surface area (Å²) in [5.41, 5.74) is 4.53. The van der Waals surface area contributed by atoms with E-state index in [0.29, 0.717) is 44.0 Å². The summed E-state index contributed by atoms with van der Waals surface area (Å²) >= 11 is 0. The molecule has 0 aliphatic carbocycles. The van der Waals surface area contributed by atoms with Crippen LogP contribution in [0.4, 0.5) is 5.69 Å². The lowest BCUT2D eigenvalue weighted by Crippen LogP contribution is -2.25. The molecule has 1 atom stereocenters. The molecule has 0 saturated carbocycles. The third-order valence-electron chi connectivity index (χ3n) is 7.43. The Morgan fingerprint density at radius 2 is 1.76 bits per heavy atom. The van der Waals surface area contributed by atoms with Gasteiger partial charge < -0.3 is 19.1 Å². The fraction of sp³-hybridized carbons (Fsp3) is 0.364. The van der Waals surface area contributed by atoms with Crippen LogP contribution < -0.4 is 14.4 Å². The standard InChI is InChI=1S/C33H38N2O6S/c1-4-35(3)27-16-12-25(13-17-27)29-19-15-26-14-18-28(23-30(26)34-29)38-21-8-22-39-31-9-7-10-32(24(31)2)42(36,37)41-33-11-5-6-20-40-33/h7,9-10,12-19,23,33H,4-6,8,11,20-22H2,1-3H3. The first kappa shape index (κ1) is 29.8. The van der Waals surface area contributed by atoms with Gasteiger partial charge >= 0.3 is 0 Å². The zero-order valence-corrected chi connectivity index (χ0v) is 25.2. The van der Waals surface area contributed by atoms with Crippen molar-refractivity contribution in [2.24, 2.45) is 0 Å². The molecule has 1 aliphatic heterocycles. The zero-order chi connectivity index (χ0) is 29.5. The fourth-order valence-electron chi connectivity index (χ4n) is 4.85. The van der Waals surface area contributed by atoms with Gasteiger partial charge in [-0.2, -0.15) is 8.42 Å². The van der Waals surface area contributed by atoms with Crippen LogP contribution >= 0.6 is 0 Å². The first-order valence-corrected chi connectivity index (χ1v) is 15.9. The molecule has 0 radical (unpaired) electrons. The minimum absolute atomic E-state index is 0.0951. The van der Waals surface area contributed by atoms with E-state index in [4.69, 9.17) is 23.4 Å². The Morgan fingerprint density at radius 1 is 0.976 bits per heavy atom. The molecule has 0 amide bonds. The molecule has 3 aromatic carbocycles. The number of rotatable bonds is 12. The molecule has 2 heterocycles. The van der Waals surface area contributed by atoms with Gasteiger partial charge in [-0.1, -0.05) is 24.3 Å². The van der Waals surface area contributed by atoms with E-state index >= 15 is 0 Å². The quantitative estimate of drug-likeness (QED) is 0.132. The van der Waals surface area contributed by atoms with Gasteiger partial charge in [0.05, 0.1) is 24.4 Å². The minimum atomic E-state index is -3.97. The molecule has 5 rings (SSSR count). The van der Waals surface area contributed by atoms with Gasteiger partial charge in [-0.3, -0.25) is 0 Å². The molecule has 4 aromatic rings. The van der Waals surface area contributed by atoms with Crippen LogP contribution in [0, 0.1) is 6.92 Å². The summed E-state index contributed by atoms with van der Waals surface area (Å²) in [5.74, 6) is 1.24. The molecule has 0 N–H and O–H groups in total. The van der Waals surface area contributed by atoms with Crippen molar-refractivity contribution < 1.29 is 26.8 Å². The SMILES string of the molecule is CCN(C)c1ccc(-c2ccc3ccc(OCCCOc4cccc(S(=O)(=O)OC5CCCCO5)c4C)cc3n2)cc1. The minimum Gasteiger partial charge on any atom is -0.493 e. The molecule has 8 nitrogen and oxygen atoms in total. The van der Waals surface area contributed by atoms with Gasteiger partial charge in [0, 0.05) is 54.9 Å². The second kappa shape index (κ2) is 13.5. The fourth-order valence-corrected chi connectivity index (χ4v) is 6.11. The van der Waals surface area contributed by atoms with Gasteiger partial charge in [-0.05, 0) is 75.6 Å². The lowest BCUT2D eigenvalue weighted by molar-refractivity contribution is -0.102. The summed E-state index contributed by atoms with van der Waals surface area (Å²) in [5, 5.41) is 1.04. The van der Waals surface area contributed by atoms with E-state index in [0.717, 1.165) is 47.3 Å². The van der Waals surface area contributed by atoms with Crippen LogP contribution in [0.25, 0.3) is 22.2 Å². The van der Waals surface area contributed by atoms with Crippen LogP contribution in [-0.4, -0.2) is 53.1 Å². The van der Waals surface area contributed by atoms with Crippen LogP contribution in [0.2, 0.25) is 0 Å². The summed E-state index contributed by atoms with van der Waals surface area (Å²) < 4.78 is 48.4. The molecule has 1 saturated heterocycles. The van der Waals surface area contributed by atoms with Crippen molar-refractivity contribution in [2.45, 2.75) is 50.7 Å². The van der Waals surface area contributed by atoms with Crippen molar-refractivity contribution in [3.05, 3.63) is 78.4 Å². The summed E-state index contributed by atoms with van der Waals surface area (Å²) in [4.78, 5) is 7.16. The monoisotopic (exact) mass is 590 g/mol. The number of aromatic nitrogens is 1. The molecule has 1 aliphatic rings. The first-order chi connectivity index (χ1) is 20.3. The van der Waals surface area contributed by atoms with Gasteiger partial charge in [0.15, 0.2) is 6.29 Å². The molecule has 9 heteroatoms. The number of hydrogen-bond acceptors (Lipinski definition) is 8. The smallest absolute Gasteiger partial charge is 0.299 e. The highest BCUT2D eigenvalue weighted by molar-refractivity contribution is 7.86. The largest absolute Gasteiger partial charge is 0.493 e. The van der Waals surface area contributed by atoms with Crippen LogP contribution in [-0.2, 0) is 19.0 Å². The summed E-state index contributed by atoms with van der Waals surface area (Å²) in [7, 11) is -1.89. The van der Waals surface area contributed by atoms with Crippen molar-refractivity contribution in [3.8, 4) is 22.8 Å². The van der Waals surface area contributed by atoms with E-state index in [2.05, 4.69) is 49.2 Å². The number of fused-ring (bicyclic) bond motifs is 1. The van der Waals surface area contributed by atoms with Gasteiger partial charge in [0.1, 0.15) is 16.4 Å². The molecule has 0 spiro atoms. The summed E-state index contributed by atoms with van der Waals surface area (Å²) in [6, 6.07) is 23.4. The average Bonchev–Trinajstić information content (AvgIpc) is 3.01.